The number of carbonyl (C=O) groups excluding carboxylic acids is 1. The number of aryl methyl sites for hydroxylation is 1. The number of carbonyl (C=O) groups is 1. The third-order valence-corrected chi connectivity index (χ3v) is 5.88. The molecule has 4 heteroatoms. The summed E-state index contributed by atoms with van der Waals surface area (Å²) in [4.78, 5) is 11.1. The van der Waals surface area contributed by atoms with Gasteiger partial charge in [0, 0.05) is 5.39 Å². The van der Waals surface area contributed by atoms with Crippen molar-refractivity contribution in [2.75, 3.05) is 0 Å². The van der Waals surface area contributed by atoms with Crippen molar-refractivity contribution in [2.45, 2.75) is 58.3 Å². The van der Waals surface area contributed by atoms with E-state index in [9.17, 15) is 18.7 Å². The van der Waals surface area contributed by atoms with Crippen molar-refractivity contribution in [2.24, 2.45) is 11.8 Å². The zero-order chi connectivity index (χ0) is 18.7. The predicted octanol–water partition coefficient (Wildman–Crippen LogP) is 6.18. The van der Waals surface area contributed by atoms with Crippen LogP contribution in [0, 0.1) is 23.5 Å². The van der Waals surface area contributed by atoms with Gasteiger partial charge in [-0.25, -0.2) is 8.78 Å². The molecule has 1 fully saturated rings. The van der Waals surface area contributed by atoms with Gasteiger partial charge in [-0.1, -0.05) is 51.5 Å². The van der Waals surface area contributed by atoms with Gasteiger partial charge in [0.05, 0.1) is 5.56 Å². The number of rotatable bonds is 6. The summed E-state index contributed by atoms with van der Waals surface area (Å²) in [5.41, 5.74) is 0.160. The number of hydrogen-bond donors (Lipinski definition) is 1. The maximum Gasteiger partial charge on any atom is 0.167 e. The maximum atomic E-state index is 14.5. The van der Waals surface area contributed by atoms with Crippen LogP contribution in [0.15, 0.2) is 18.2 Å². The van der Waals surface area contributed by atoms with Crippen LogP contribution in [0.25, 0.3) is 10.8 Å². The lowest BCUT2D eigenvalue weighted by molar-refractivity contribution is 0.112. The van der Waals surface area contributed by atoms with E-state index >= 15 is 0 Å². The second-order valence-corrected chi connectivity index (χ2v) is 7.59. The molecular formula is C22H26F2O2. The molecule has 1 aliphatic rings. The number of phenolic OH excluding ortho intramolecular Hbond substituents is 1. The molecule has 26 heavy (non-hydrogen) atoms. The highest BCUT2D eigenvalue weighted by molar-refractivity contribution is 6.01. The van der Waals surface area contributed by atoms with Crippen LogP contribution in [0.5, 0.6) is 5.75 Å². The number of benzene rings is 2. The number of hydrogen-bond acceptors (Lipinski definition) is 2. The predicted molar refractivity (Wildman–Crippen MR) is 99.6 cm³/mol. The molecule has 0 atom stereocenters. The topological polar surface area (TPSA) is 37.3 Å². The normalized spacial score (nSPS) is 20.4. The van der Waals surface area contributed by atoms with E-state index in [-0.39, 0.29) is 16.7 Å². The Morgan fingerprint density at radius 3 is 2.35 bits per heavy atom. The van der Waals surface area contributed by atoms with Gasteiger partial charge in [-0.15, -0.1) is 0 Å². The van der Waals surface area contributed by atoms with Crippen molar-refractivity contribution >= 4 is 17.1 Å². The van der Waals surface area contributed by atoms with Gasteiger partial charge in [-0.2, -0.15) is 0 Å². The maximum absolute atomic E-state index is 14.5. The molecule has 140 valence electrons. The van der Waals surface area contributed by atoms with Gasteiger partial charge in [0.15, 0.2) is 17.9 Å². The molecule has 1 N–H and O–H groups in total. The third kappa shape index (κ3) is 3.74. The van der Waals surface area contributed by atoms with E-state index in [1.807, 2.05) is 0 Å². The first-order chi connectivity index (χ1) is 12.5. The van der Waals surface area contributed by atoms with Crippen molar-refractivity contribution in [3.05, 3.63) is 41.0 Å². The van der Waals surface area contributed by atoms with Gasteiger partial charge in [0.1, 0.15) is 5.75 Å². The Labute approximate surface area is 153 Å². The van der Waals surface area contributed by atoms with Gasteiger partial charge in [-0.05, 0) is 47.8 Å². The van der Waals surface area contributed by atoms with E-state index in [4.69, 9.17) is 0 Å². The monoisotopic (exact) mass is 360 g/mol. The summed E-state index contributed by atoms with van der Waals surface area (Å²) >= 11 is 0. The second-order valence-electron chi connectivity index (χ2n) is 7.59. The molecule has 0 unspecified atom stereocenters. The molecule has 0 saturated heterocycles. The lowest BCUT2D eigenvalue weighted by Gasteiger charge is -2.28. The molecule has 1 saturated carbocycles. The van der Waals surface area contributed by atoms with Crippen molar-refractivity contribution in [1.82, 2.24) is 0 Å². The molecule has 0 bridgehead atoms. The zero-order valence-electron chi connectivity index (χ0n) is 15.2. The fraction of sp³-hybridized carbons (Fsp3) is 0.500. The summed E-state index contributed by atoms with van der Waals surface area (Å²) in [5, 5.41) is 10.0. The van der Waals surface area contributed by atoms with Crippen molar-refractivity contribution < 1.29 is 18.7 Å². The van der Waals surface area contributed by atoms with Crippen LogP contribution in [0.1, 0.15) is 67.8 Å². The Bertz CT molecular complexity index is 793. The van der Waals surface area contributed by atoms with Crippen LogP contribution in [0.3, 0.4) is 0 Å². The molecule has 0 aliphatic heterocycles. The highest BCUT2D eigenvalue weighted by atomic mass is 19.2. The lowest BCUT2D eigenvalue weighted by atomic mass is 9.78. The Balaban J connectivity index is 1.76. The van der Waals surface area contributed by atoms with Crippen LogP contribution in [0.4, 0.5) is 8.78 Å². The number of aldehydes is 1. The summed E-state index contributed by atoms with van der Waals surface area (Å²) in [6.07, 6.45) is 9.09. The van der Waals surface area contributed by atoms with E-state index in [0.29, 0.717) is 29.6 Å². The van der Waals surface area contributed by atoms with Crippen molar-refractivity contribution in [3.63, 3.8) is 0 Å². The second kappa shape index (κ2) is 8.15. The van der Waals surface area contributed by atoms with Crippen LogP contribution < -0.4 is 0 Å². The van der Waals surface area contributed by atoms with E-state index < -0.39 is 11.6 Å². The largest absolute Gasteiger partial charge is 0.507 e. The minimum absolute atomic E-state index is 0.138. The number of aromatic hydroxyl groups is 1. The Morgan fingerprint density at radius 2 is 1.73 bits per heavy atom. The minimum Gasteiger partial charge on any atom is -0.507 e. The lowest BCUT2D eigenvalue weighted by Crippen LogP contribution is -2.15. The van der Waals surface area contributed by atoms with E-state index in [1.165, 1.54) is 50.7 Å². The van der Waals surface area contributed by atoms with Crippen LogP contribution in [-0.4, -0.2) is 11.4 Å². The fourth-order valence-corrected chi connectivity index (χ4v) is 4.37. The standard InChI is InChI=1S/C22H26F2O2/c1-2-3-14-4-6-15(7-5-14)8-9-17-12-16-10-11-19(26)18(13-25)20(16)22(24)21(17)23/h10-15,26H,2-9H2,1H3. The van der Waals surface area contributed by atoms with E-state index in [2.05, 4.69) is 6.92 Å². The minimum atomic E-state index is -1.04. The number of fused-ring (bicyclic) bond motifs is 1. The summed E-state index contributed by atoms with van der Waals surface area (Å²) in [6, 6.07) is 4.49. The molecule has 0 radical (unpaired) electrons. The average molecular weight is 360 g/mol. The Kier molecular flexibility index (Phi) is 5.90. The SMILES string of the molecule is CCCC1CCC(CCc2cc3ccc(O)c(C=O)c3c(F)c2F)CC1. The molecular weight excluding hydrogens is 334 g/mol. The first kappa shape index (κ1) is 18.8. The molecule has 2 aromatic rings. The van der Waals surface area contributed by atoms with Crippen LogP contribution >= 0.6 is 0 Å². The molecule has 3 rings (SSSR count). The summed E-state index contributed by atoms with van der Waals surface area (Å²) in [7, 11) is 0. The van der Waals surface area contributed by atoms with E-state index in [1.54, 1.807) is 6.07 Å². The van der Waals surface area contributed by atoms with Gasteiger partial charge in [0.2, 0.25) is 0 Å². The highest BCUT2D eigenvalue weighted by Gasteiger charge is 2.22. The van der Waals surface area contributed by atoms with Crippen LogP contribution in [0.2, 0.25) is 0 Å². The molecule has 0 spiro atoms. The first-order valence-electron chi connectivity index (χ1n) is 9.62. The zero-order valence-corrected chi connectivity index (χ0v) is 15.2. The van der Waals surface area contributed by atoms with Gasteiger partial charge in [-0.3, -0.25) is 4.79 Å². The summed E-state index contributed by atoms with van der Waals surface area (Å²) in [5.74, 6) is -0.859. The molecule has 2 aromatic carbocycles. The Hall–Kier alpha value is -1.97. The quantitative estimate of drug-likeness (QED) is 0.625. The Morgan fingerprint density at radius 1 is 1.08 bits per heavy atom. The smallest absolute Gasteiger partial charge is 0.167 e. The number of phenols is 1. The molecule has 2 nitrogen and oxygen atoms in total. The van der Waals surface area contributed by atoms with Gasteiger partial charge in [0.25, 0.3) is 0 Å². The summed E-state index contributed by atoms with van der Waals surface area (Å²) < 4.78 is 29.1. The van der Waals surface area contributed by atoms with Crippen molar-refractivity contribution in [3.8, 4) is 5.75 Å². The molecule has 1 aliphatic carbocycles. The first-order valence-corrected chi connectivity index (χ1v) is 9.62. The van der Waals surface area contributed by atoms with Gasteiger partial charge < -0.3 is 5.11 Å². The van der Waals surface area contributed by atoms with E-state index in [0.717, 1.165) is 12.3 Å². The van der Waals surface area contributed by atoms with Gasteiger partial charge >= 0.3 is 0 Å². The average Bonchev–Trinajstić information content (AvgIpc) is 2.65. The fourth-order valence-electron chi connectivity index (χ4n) is 4.37. The molecule has 0 amide bonds. The number of halogens is 2. The van der Waals surface area contributed by atoms with Crippen LogP contribution in [-0.2, 0) is 6.42 Å². The molecule has 0 heterocycles. The summed E-state index contributed by atoms with van der Waals surface area (Å²) in [6.45, 7) is 2.22. The van der Waals surface area contributed by atoms with Crippen molar-refractivity contribution in [1.29, 1.82) is 0 Å². The third-order valence-electron chi connectivity index (χ3n) is 5.88. The molecule has 0 aromatic heterocycles. The highest BCUT2D eigenvalue weighted by Crippen LogP contribution is 2.35.